The van der Waals surface area contributed by atoms with Crippen LogP contribution in [0.4, 0.5) is 0 Å². The lowest BCUT2D eigenvalue weighted by molar-refractivity contribution is -0.107. The van der Waals surface area contributed by atoms with Gasteiger partial charge in [0.2, 0.25) is 0 Å². The molecule has 0 aromatic heterocycles. The predicted octanol–water partition coefficient (Wildman–Crippen LogP) is 1.29. The molecule has 14 heavy (non-hydrogen) atoms. The average molecular weight is 193 g/mol. The molecule has 0 saturated heterocycles. The molecule has 3 nitrogen and oxygen atoms in total. The molecule has 0 bridgehead atoms. The Bertz CT molecular complexity index is 310. The van der Waals surface area contributed by atoms with Crippen molar-refractivity contribution < 1.29 is 9.53 Å². The van der Waals surface area contributed by atoms with Gasteiger partial charge in [-0.05, 0) is 13.0 Å². The van der Waals surface area contributed by atoms with E-state index in [1.807, 2.05) is 19.1 Å². The maximum Gasteiger partial charge on any atom is 0.133 e. The Morgan fingerprint density at radius 3 is 2.93 bits per heavy atom. The molecule has 0 aliphatic carbocycles. The molecule has 0 saturated carbocycles. The molecular weight excluding hydrogens is 178 g/mol. The van der Waals surface area contributed by atoms with E-state index in [-0.39, 0.29) is 0 Å². The van der Waals surface area contributed by atoms with Crippen molar-refractivity contribution in [2.24, 2.45) is 0 Å². The van der Waals surface area contributed by atoms with Crippen LogP contribution in [-0.4, -0.2) is 19.9 Å². The average Bonchev–Trinajstić information content (AvgIpc) is 2.19. The normalized spacial score (nSPS) is 9.86. The van der Waals surface area contributed by atoms with Crippen molar-refractivity contribution in [3.63, 3.8) is 0 Å². The number of hydrogen-bond acceptors (Lipinski definition) is 3. The predicted molar refractivity (Wildman–Crippen MR) is 55.5 cm³/mol. The van der Waals surface area contributed by atoms with Crippen molar-refractivity contribution in [3.8, 4) is 5.75 Å². The molecule has 1 aromatic rings. The Balaban J connectivity index is 2.71. The van der Waals surface area contributed by atoms with Crippen LogP contribution in [0, 0.1) is 6.92 Å². The molecular formula is C11H15NO2. The van der Waals surface area contributed by atoms with Crippen LogP contribution in [0.1, 0.15) is 11.1 Å². The number of aldehydes is 1. The van der Waals surface area contributed by atoms with Crippen LogP contribution >= 0.6 is 0 Å². The Morgan fingerprint density at radius 2 is 2.29 bits per heavy atom. The molecule has 1 aromatic carbocycles. The number of nitrogens with one attached hydrogen (secondary N) is 1. The number of ether oxygens (including phenoxy) is 1. The first-order valence-electron chi connectivity index (χ1n) is 4.56. The van der Waals surface area contributed by atoms with Crippen LogP contribution in [0.25, 0.3) is 0 Å². The van der Waals surface area contributed by atoms with Crippen molar-refractivity contribution in [1.82, 2.24) is 5.32 Å². The summed E-state index contributed by atoms with van der Waals surface area (Å²) >= 11 is 0. The summed E-state index contributed by atoms with van der Waals surface area (Å²) in [6.45, 7) is 3.06. The summed E-state index contributed by atoms with van der Waals surface area (Å²) in [5, 5.41) is 3.01. The molecule has 0 aliphatic heterocycles. The van der Waals surface area contributed by atoms with Crippen LogP contribution in [0.3, 0.4) is 0 Å². The summed E-state index contributed by atoms with van der Waals surface area (Å²) in [6, 6.07) is 5.99. The van der Waals surface area contributed by atoms with E-state index in [4.69, 9.17) is 4.74 Å². The lowest BCUT2D eigenvalue weighted by atomic mass is 10.1. The highest BCUT2D eigenvalue weighted by molar-refractivity contribution is 5.52. The maximum absolute atomic E-state index is 10.1. The fourth-order valence-corrected chi connectivity index (χ4v) is 1.31. The van der Waals surface area contributed by atoms with Gasteiger partial charge in [0.1, 0.15) is 12.0 Å². The summed E-state index contributed by atoms with van der Waals surface area (Å²) in [5.74, 6) is 0.856. The van der Waals surface area contributed by atoms with Crippen molar-refractivity contribution in [1.29, 1.82) is 0 Å². The molecule has 76 valence electrons. The monoisotopic (exact) mass is 193 g/mol. The van der Waals surface area contributed by atoms with E-state index in [2.05, 4.69) is 11.4 Å². The summed E-state index contributed by atoms with van der Waals surface area (Å²) in [5.41, 5.74) is 2.27. The molecule has 0 aliphatic rings. The van der Waals surface area contributed by atoms with Gasteiger partial charge in [-0.2, -0.15) is 0 Å². The van der Waals surface area contributed by atoms with Gasteiger partial charge in [0.05, 0.1) is 13.7 Å². The van der Waals surface area contributed by atoms with Gasteiger partial charge in [-0.15, -0.1) is 0 Å². The van der Waals surface area contributed by atoms with E-state index in [1.54, 1.807) is 7.11 Å². The number of carbonyl (C=O) groups excluding carboxylic acids is 1. The molecule has 0 spiro atoms. The molecule has 0 unspecified atom stereocenters. The van der Waals surface area contributed by atoms with E-state index < -0.39 is 0 Å². The molecule has 1 N–H and O–H groups in total. The minimum Gasteiger partial charge on any atom is -0.496 e. The summed E-state index contributed by atoms with van der Waals surface area (Å²) in [7, 11) is 1.65. The van der Waals surface area contributed by atoms with E-state index in [1.165, 1.54) is 5.56 Å². The van der Waals surface area contributed by atoms with Crippen LogP contribution in [0.5, 0.6) is 5.75 Å². The van der Waals surface area contributed by atoms with Gasteiger partial charge in [0.25, 0.3) is 0 Å². The van der Waals surface area contributed by atoms with Crippen molar-refractivity contribution in [3.05, 3.63) is 29.3 Å². The molecule has 0 atom stereocenters. The molecule has 0 amide bonds. The summed E-state index contributed by atoms with van der Waals surface area (Å²) in [4.78, 5) is 10.1. The first kappa shape index (κ1) is 10.7. The van der Waals surface area contributed by atoms with E-state index >= 15 is 0 Å². The van der Waals surface area contributed by atoms with Crippen molar-refractivity contribution >= 4 is 6.29 Å². The number of hydrogen-bond donors (Lipinski definition) is 1. The third kappa shape index (κ3) is 2.85. The topological polar surface area (TPSA) is 38.3 Å². The lowest BCUT2D eigenvalue weighted by Crippen LogP contribution is -2.16. The Kier molecular flexibility index (Phi) is 4.13. The van der Waals surface area contributed by atoms with Crippen LogP contribution in [-0.2, 0) is 11.3 Å². The van der Waals surface area contributed by atoms with Gasteiger partial charge in [0, 0.05) is 12.1 Å². The number of aryl methyl sites for hydroxylation is 1. The summed E-state index contributed by atoms with van der Waals surface area (Å²) in [6.07, 6.45) is 0.849. The maximum atomic E-state index is 10.1. The fraction of sp³-hybridized carbons (Fsp3) is 0.364. The second-order valence-electron chi connectivity index (χ2n) is 3.11. The van der Waals surface area contributed by atoms with E-state index in [0.29, 0.717) is 13.1 Å². The number of methoxy groups -OCH3 is 1. The standard InChI is InChI=1S/C11H15NO2/c1-9-3-4-11(14-2)10(7-9)8-12-5-6-13/h3-4,6-7,12H,5,8H2,1-2H3. The Morgan fingerprint density at radius 1 is 1.50 bits per heavy atom. The third-order valence-electron chi connectivity index (χ3n) is 1.98. The quantitative estimate of drug-likeness (QED) is 0.565. The lowest BCUT2D eigenvalue weighted by Gasteiger charge is -2.09. The highest BCUT2D eigenvalue weighted by Gasteiger charge is 2.01. The highest BCUT2D eigenvalue weighted by atomic mass is 16.5. The second-order valence-corrected chi connectivity index (χ2v) is 3.11. The van der Waals surface area contributed by atoms with Crippen molar-refractivity contribution in [2.45, 2.75) is 13.5 Å². The van der Waals surface area contributed by atoms with Crippen LogP contribution in [0.15, 0.2) is 18.2 Å². The zero-order valence-corrected chi connectivity index (χ0v) is 8.54. The van der Waals surface area contributed by atoms with Gasteiger partial charge >= 0.3 is 0 Å². The first-order chi connectivity index (χ1) is 6.77. The van der Waals surface area contributed by atoms with Gasteiger partial charge in [-0.1, -0.05) is 17.7 Å². The summed E-state index contributed by atoms with van der Waals surface area (Å²) < 4.78 is 5.20. The van der Waals surface area contributed by atoms with Crippen LogP contribution < -0.4 is 10.1 Å². The molecule has 0 heterocycles. The van der Waals surface area contributed by atoms with E-state index in [0.717, 1.165) is 17.6 Å². The molecule has 1 rings (SSSR count). The fourth-order valence-electron chi connectivity index (χ4n) is 1.31. The number of carbonyl (C=O) groups is 1. The first-order valence-corrected chi connectivity index (χ1v) is 4.56. The van der Waals surface area contributed by atoms with Crippen molar-refractivity contribution in [2.75, 3.05) is 13.7 Å². The Hall–Kier alpha value is -1.35. The zero-order valence-electron chi connectivity index (χ0n) is 8.54. The van der Waals surface area contributed by atoms with E-state index in [9.17, 15) is 4.79 Å². The molecule has 0 radical (unpaired) electrons. The number of rotatable bonds is 5. The second kappa shape index (κ2) is 5.40. The zero-order chi connectivity index (χ0) is 10.4. The van der Waals surface area contributed by atoms with Gasteiger partial charge in [-0.3, -0.25) is 0 Å². The smallest absolute Gasteiger partial charge is 0.133 e. The van der Waals surface area contributed by atoms with Gasteiger partial charge in [-0.25, -0.2) is 0 Å². The number of benzene rings is 1. The minimum atomic E-state index is 0.372. The van der Waals surface area contributed by atoms with Crippen LogP contribution in [0.2, 0.25) is 0 Å². The molecule has 3 heteroatoms. The largest absolute Gasteiger partial charge is 0.496 e. The molecule has 0 fully saturated rings. The van der Waals surface area contributed by atoms with Gasteiger partial charge in [0.15, 0.2) is 0 Å². The SMILES string of the molecule is COc1ccc(C)cc1CNCC=O. The Labute approximate surface area is 84.1 Å². The minimum absolute atomic E-state index is 0.372. The third-order valence-corrected chi connectivity index (χ3v) is 1.98. The highest BCUT2D eigenvalue weighted by Crippen LogP contribution is 2.18. The van der Waals surface area contributed by atoms with Gasteiger partial charge < -0.3 is 14.8 Å².